The van der Waals surface area contributed by atoms with Crippen LogP contribution in [0.1, 0.15) is 6.42 Å². The quantitative estimate of drug-likeness (QED) is 0.658. The fourth-order valence-electron chi connectivity index (χ4n) is 1.03. The van der Waals surface area contributed by atoms with Gasteiger partial charge in [-0.05, 0) is 12.3 Å². The number of hydrogen-bond acceptors (Lipinski definition) is 2. The summed E-state index contributed by atoms with van der Waals surface area (Å²) in [5.74, 6) is 1.87. The molecule has 1 aliphatic rings. The van der Waals surface area contributed by atoms with Gasteiger partial charge in [0.2, 0.25) is 0 Å². The van der Waals surface area contributed by atoms with Gasteiger partial charge in [-0.15, -0.1) is 0 Å². The van der Waals surface area contributed by atoms with Crippen molar-refractivity contribution in [1.82, 2.24) is 5.32 Å². The lowest BCUT2D eigenvalue weighted by molar-refractivity contribution is 0.382. The van der Waals surface area contributed by atoms with Gasteiger partial charge in [-0.2, -0.15) is 0 Å². The normalized spacial score (nSPS) is 21.2. The first-order chi connectivity index (χ1) is 5.33. The molecule has 1 atom stereocenters. The third-order valence-corrected chi connectivity index (χ3v) is 3.38. The zero-order valence-electron chi connectivity index (χ0n) is 6.51. The van der Waals surface area contributed by atoms with Crippen molar-refractivity contribution in [3.63, 3.8) is 0 Å². The first kappa shape index (κ1) is 9.13. The van der Waals surface area contributed by atoms with E-state index >= 15 is 0 Å². The second-order valence-corrected chi connectivity index (χ2v) is 4.50. The lowest BCUT2D eigenvalue weighted by Gasteiger charge is -2.26. The minimum atomic E-state index is -0.779. The summed E-state index contributed by atoms with van der Waals surface area (Å²) in [6, 6.07) is 0. The van der Waals surface area contributed by atoms with Gasteiger partial charge in [0.1, 0.15) is 0 Å². The van der Waals surface area contributed by atoms with Crippen molar-refractivity contribution in [2.45, 2.75) is 6.42 Å². The van der Waals surface area contributed by atoms with Crippen LogP contribution in [0.4, 0.5) is 4.39 Å². The number of halogens is 1. The van der Waals surface area contributed by atoms with Crippen molar-refractivity contribution < 1.29 is 8.60 Å². The van der Waals surface area contributed by atoms with Crippen molar-refractivity contribution in [3.05, 3.63) is 0 Å². The van der Waals surface area contributed by atoms with Crippen LogP contribution in [0.15, 0.2) is 0 Å². The highest BCUT2D eigenvalue weighted by molar-refractivity contribution is 7.84. The molecule has 0 bridgehead atoms. The molecule has 11 heavy (non-hydrogen) atoms. The highest BCUT2D eigenvalue weighted by Gasteiger charge is 2.18. The number of rotatable bonds is 5. The maximum atomic E-state index is 11.6. The summed E-state index contributed by atoms with van der Waals surface area (Å²) in [5, 5.41) is 3.11. The molecule has 1 saturated heterocycles. The smallest absolute Gasteiger partial charge is 0.0903 e. The Morgan fingerprint density at radius 2 is 2.27 bits per heavy atom. The Kier molecular flexibility index (Phi) is 4.01. The molecular formula is C7H14FNOS. The van der Waals surface area contributed by atoms with Crippen molar-refractivity contribution >= 4 is 10.8 Å². The Morgan fingerprint density at radius 1 is 1.55 bits per heavy atom. The summed E-state index contributed by atoms with van der Waals surface area (Å²) in [5.41, 5.74) is 0. The van der Waals surface area contributed by atoms with Crippen LogP contribution in [0.2, 0.25) is 0 Å². The standard InChI is InChI=1S/C7H14FNOS/c8-2-1-3-11(10)6-7-4-9-5-7/h7,9H,1-6H2. The average Bonchev–Trinajstić information content (AvgIpc) is 1.93. The molecule has 0 aromatic carbocycles. The largest absolute Gasteiger partial charge is 0.316 e. The predicted molar refractivity (Wildman–Crippen MR) is 44.8 cm³/mol. The highest BCUT2D eigenvalue weighted by Crippen LogP contribution is 2.05. The van der Waals surface area contributed by atoms with Gasteiger partial charge in [-0.25, -0.2) is 0 Å². The van der Waals surface area contributed by atoms with Crippen LogP contribution in [0.3, 0.4) is 0 Å². The number of alkyl halides is 1. The van der Waals surface area contributed by atoms with Gasteiger partial charge < -0.3 is 5.32 Å². The summed E-state index contributed by atoms with van der Waals surface area (Å²) >= 11 is 0. The van der Waals surface area contributed by atoms with Crippen LogP contribution in [0.5, 0.6) is 0 Å². The molecule has 0 saturated carbocycles. The van der Waals surface area contributed by atoms with Gasteiger partial charge in [0.15, 0.2) is 0 Å². The average molecular weight is 179 g/mol. The molecule has 1 fully saturated rings. The molecule has 0 aliphatic carbocycles. The number of hydrogen-bond donors (Lipinski definition) is 1. The predicted octanol–water partition coefficient (Wildman–Crippen LogP) is 0.314. The zero-order valence-corrected chi connectivity index (χ0v) is 7.33. The topological polar surface area (TPSA) is 29.1 Å². The van der Waals surface area contributed by atoms with Crippen LogP contribution >= 0.6 is 0 Å². The maximum absolute atomic E-state index is 11.6. The SMILES string of the molecule is O=S(CCCF)CC1CNC1. The summed E-state index contributed by atoms with van der Waals surface area (Å²) in [7, 11) is -0.779. The third kappa shape index (κ3) is 3.29. The molecule has 0 aromatic rings. The molecule has 0 radical (unpaired) electrons. The van der Waals surface area contributed by atoms with E-state index in [9.17, 15) is 8.60 Å². The Balaban J connectivity index is 2.00. The molecule has 0 spiro atoms. The highest BCUT2D eigenvalue weighted by atomic mass is 32.2. The fraction of sp³-hybridized carbons (Fsp3) is 1.00. The maximum Gasteiger partial charge on any atom is 0.0903 e. The van der Waals surface area contributed by atoms with Crippen molar-refractivity contribution in [2.75, 3.05) is 31.3 Å². The van der Waals surface area contributed by atoms with Crippen LogP contribution in [0, 0.1) is 5.92 Å². The van der Waals surface area contributed by atoms with Gasteiger partial charge >= 0.3 is 0 Å². The van der Waals surface area contributed by atoms with Crippen LogP contribution in [-0.2, 0) is 10.8 Å². The molecule has 0 aromatic heterocycles. The Labute approximate surface area is 69.0 Å². The molecule has 1 rings (SSSR count). The van der Waals surface area contributed by atoms with E-state index in [4.69, 9.17) is 0 Å². The number of nitrogens with one attached hydrogen (secondary N) is 1. The molecule has 4 heteroatoms. The van der Waals surface area contributed by atoms with Crippen LogP contribution in [0.25, 0.3) is 0 Å². The summed E-state index contributed by atoms with van der Waals surface area (Å²) in [6.45, 7) is 1.64. The molecule has 1 unspecified atom stereocenters. The lowest BCUT2D eigenvalue weighted by atomic mass is 10.1. The van der Waals surface area contributed by atoms with Gasteiger partial charge in [0.05, 0.1) is 6.67 Å². The second-order valence-electron chi connectivity index (χ2n) is 2.88. The van der Waals surface area contributed by atoms with Crippen LogP contribution in [-0.4, -0.2) is 35.5 Å². The van der Waals surface area contributed by atoms with Crippen molar-refractivity contribution in [3.8, 4) is 0 Å². The Hall–Kier alpha value is 0.0400. The second kappa shape index (κ2) is 4.83. The van der Waals surface area contributed by atoms with E-state index in [0.717, 1.165) is 18.8 Å². The van der Waals surface area contributed by atoms with E-state index < -0.39 is 10.8 Å². The minimum absolute atomic E-state index is 0.339. The molecule has 66 valence electrons. The van der Waals surface area contributed by atoms with Gasteiger partial charge in [-0.1, -0.05) is 0 Å². The molecule has 1 heterocycles. The van der Waals surface area contributed by atoms with Gasteiger partial charge in [0.25, 0.3) is 0 Å². The van der Waals surface area contributed by atoms with E-state index in [1.165, 1.54) is 0 Å². The van der Waals surface area contributed by atoms with Crippen molar-refractivity contribution in [1.29, 1.82) is 0 Å². The van der Waals surface area contributed by atoms with E-state index in [1.807, 2.05) is 0 Å². The third-order valence-electron chi connectivity index (χ3n) is 1.79. The van der Waals surface area contributed by atoms with Gasteiger partial charge in [0, 0.05) is 35.4 Å². The zero-order chi connectivity index (χ0) is 8.10. The summed E-state index contributed by atoms with van der Waals surface area (Å²) < 4.78 is 22.8. The Morgan fingerprint density at radius 3 is 2.73 bits per heavy atom. The first-order valence-corrected chi connectivity index (χ1v) is 5.43. The molecule has 1 N–H and O–H groups in total. The molecule has 1 aliphatic heterocycles. The first-order valence-electron chi connectivity index (χ1n) is 3.94. The van der Waals surface area contributed by atoms with Crippen molar-refractivity contribution in [2.24, 2.45) is 5.92 Å². The molecule has 0 amide bonds. The lowest BCUT2D eigenvalue weighted by Crippen LogP contribution is -2.44. The van der Waals surface area contributed by atoms with E-state index in [1.54, 1.807) is 0 Å². The summed E-state index contributed by atoms with van der Waals surface area (Å²) in [4.78, 5) is 0. The van der Waals surface area contributed by atoms with Gasteiger partial charge in [-0.3, -0.25) is 8.60 Å². The minimum Gasteiger partial charge on any atom is -0.316 e. The Bertz CT molecular complexity index is 138. The molecule has 2 nitrogen and oxygen atoms in total. The summed E-state index contributed by atoms with van der Waals surface area (Å²) in [6.07, 6.45) is 0.451. The van der Waals surface area contributed by atoms with E-state index in [-0.39, 0.29) is 6.67 Å². The fourth-order valence-corrected chi connectivity index (χ4v) is 2.39. The van der Waals surface area contributed by atoms with E-state index in [2.05, 4.69) is 5.32 Å². The molecular weight excluding hydrogens is 165 g/mol. The monoisotopic (exact) mass is 179 g/mol. The van der Waals surface area contributed by atoms with E-state index in [0.29, 0.717) is 18.1 Å². The van der Waals surface area contributed by atoms with Crippen LogP contribution < -0.4 is 5.32 Å².